The van der Waals surface area contributed by atoms with Crippen LogP contribution in [-0.2, 0) is 6.54 Å². The van der Waals surface area contributed by atoms with E-state index in [2.05, 4.69) is 9.97 Å². The maximum atomic E-state index is 14.1. The highest BCUT2D eigenvalue weighted by Gasteiger charge is 2.26. The van der Waals surface area contributed by atoms with Gasteiger partial charge in [0.2, 0.25) is 0 Å². The first-order valence-corrected chi connectivity index (χ1v) is 11.4. The number of carbonyl (C=O) groups is 1. The Balaban J connectivity index is 1.68. The monoisotopic (exact) mass is 457 g/mol. The van der Waals surface area contributed by atoms with Crippen LogP contribution in [0.25, 0.3) is 21.0 Å². The van der Waals surface area contributed by atoms with Gasteiger partial charge in [0, 0.05) is 12.4 Å². The van der Waals surface area contributed by atoms with Gasteiger partial charge in [-0.05, 0) is 53.6 Å². The molecule has 2 heterocycles. The first kappa shape index (κ1) is 21.0. The number of thiazole rings is 1. The van der Waals surface area contributed by atoms with Crippen molar-refractivity contribution in [3.63, 3.8) is 0 Å². The van der Waals surface area contributed by atoms with Gasteiger partial charge < -0.3 is 4.74 Å². The molecule has 0 fully saturated rings. The molecule has 0 bridgehead atoms. The third-order valence-corrected chi connectivity index (χ3v) is 6.32. The molecule has 0 atom stereocenters. The average molecular weight is 458 g/mol. The van der Waals surface area contributed by atoms with E-state index < -0.39 is 0 Å². The molecule has 2 aromatic heterocycles. The summed E-state index contributed by atoms with van der Waals surface area (Å²) in [6.45, 7) is 2.59. The Hall–Kier alpha value is -3.84. The molecule has 0 aliphatic rings. The third kappa shape index (κ3) is 4.15. The van der Waals surface area contributed by atoms with Crippen LogP contribution < -0.4 is 9.64 Å². The van der Waals surface area contributed by atoms with Crippen molar-refractivity contribution >= 4 is 43.4 Å². The average Bonchev–Trinajstić information content (AvgIpc) is 3.25. The van der Waals surface area contributed by atoms with Crippen molar-refractivity contribution in [2.24, 2.45) is 0 Å². The number of carbonyl (C=O) groups excluding carboxylic acids is 1. The predicted molar refractivity (Wildman–Crippen MR) is 129 cm³/mol. The number of benzene rings is 3. The Morgan fingerprint density at radius 1 is 1.09 bits per heavy atom. The second-order valence-electron chi connectivity index (χ2n) is 7.45. The number of hydrogen-bond acceptors (Lipinski definition) is 5. The van der Waals surface area contributed by atoms with E-state index in [0.29, 0.717) is 33.3 Å². The van der Waals surface area contributed by atoms with Crippen LogP contribution in [0.4, 0.5) is 9.52 Å². The number of aromatic nitrogens is 2. The molecule has 7 heteroatoms. The summed E-state index contributed by atoms with van der Waals surface area (Å²) in [6, 6.07) is 19.7. The molecule has 3 aromatic carbocycles. The number of anilines is 1. The van der Waals surface area contributed by atoms with Gasteiger partial charge in [-0.15, -0.1) is 0 Å². The fraction of sp³-hybridized carbons (Fsp3) is 0.115. The lowest BCUT2D eigenvalue weighted by Gasteiger charge is -2.22. The second-order valence-corrected chi connectivity index (χ2v) is 8.46. The Morgan fingerprint density at radius 2 is 1.97 bits per heavy atom. The highest BCUT2D eigenvalue weighted by molar-refractivity contribution is 7.22. The summed E-state index contributed by atoms with van der Waals surface area (Å²) in [6.07, 6.45) is 3.41. The topological polar surface area (TPSA) is 55.3 Å². The van der Waals surface area contributed by atoms with E-state index in [1.165, 1.54) is 23.5 Å². The van der Waals surface area contributed by atoms with Crippen molar-refractivity contribution < 1.29 is 13.9 Å². The molecule has 0 aliphatic heterocycles. The van der Waals surface area contributed by atoms with Crippen LogP contribution >= 0.6 is 11.3 Å². The van der Waals surface area contributed by atoms with Crippen LogP contribution in [0.15, 0.2) is 79.1 Å². The summed E-state index contributed by atoms with van der Waals surface area (Å²) in [5.41, 5.74) is 1.97. The number of ether oxygens (including phenoxy) is 1. The van der Waals surface area contributed by atoms with E-state index >= 15 is 0 Å². The Bertz CT molecular complexity index is 1450. The van der Waals surface area contributed by atoms with Gasteiger partial charge in [0.15, 0.2) is 5.13 Å². The number of rotatable bonds is 6. The van der Waals surface area contributed by atoms with Crippen molar-refractivity contribution in [1.29, 1.82) is 0 Å². The Labute approximate surface area is 194 Å². The normalized spacial score (nSPS) is 11.1. The van der Waals surface area contributed by atoms with Crippen LogP contribution in [0.3, 0.4) is 0 Å². The van der Waals surface area contributed by atoms with Gasteiger partial charge in [0.05, 0.1) is 28.9 Å². The van der Waals surface area contributed by atoms with Crippen molar-refractivity contribution in [3.05, 3.63) is 96.1 Å². The molecule has 0 saturated carbocycles. The summed E-state index contributed by atoms with van der Waals surface area (Å²) in [5, 5.41) is 2.23. The van der Waals surface area contributed by atoms with Crippen molar-refractivity contribution in [3.8, 4) is 5.75 Å². The van der Waals surface area contributed by atoms with E-state index in [-0.39, 0.29) is 18.3 Å². The molecule has 0 radical (unpaired) electrons. The van der Waals surface area contributed by atoms with Crippen LogP contribution in [0.1, 0.15) is 22.8 Å². The Kier molecular flexibility index (Phi) is 5.71. The molecular formula is C26H20FN3O2S. The van der Waals surface area contributed by atoms with E-state index in [1.807, 2.05) is 55.5 Å². The number of pyridine rings is 1. The van der Waals surface area contributed by atoms with Crippen molar-refractivity contribution in [1.82, 2.24) is 9.97 Å². The smallest absolute Gasteiger partial charge is 0.264 e. The molecule has 0 unspecified atom stereocenters. The number of hydrogen-bond donors (Lipinski definition) is 0. The van der Waals surface area contributed by atoms with Crippen LogP contribution in [0.2, 0.25) is 0 Å². The number of nitrogens with zero attached hydrogens (tertiary/aromatic N) is 3. The molecule has 5 aromatic rings. The van der Waals surface area contributed by atoms with E-state index in [1.54, 1.807) is 23.4 Å². The maximum absolute atomic E-state index is 14.1. The molecule has 0 aliphatic carbocycles. The molecule has 0 N–H and O–H groups in total. The summed E-state index contributed by atoms with van der Waals surface area (Å²) in [4.78, 5) is 24.6. The summed E-state index contributed by atoms with van der Waals surface area (Å²) < 4.78 is 20.3. The lowest BCUT2D eigenvalue weighted by Crippen LogP contribution is -2.31. The summed E-state index contributed by atoms with van der Waals surface area (Å²) in [5.74, 6) is -0.0568. The van der Waals surface area contributed by atoms with Gasteiger partial charge >= 0.3 is 0 Å². The molecule has 0 saturated heterocycles. The molecule has 164 valence electrons. The quantitative estimate of drug-likeness (QED) is 0.303. The van der Waals surface area contributed by atoms with Crippen LogP contribution in [-0.4, -0.2) is 22.5 Å². The molecule has 1 amide bonds. The zero-order valence-corrected chi connectivity index (χ0v) is 18.7. The van der Waals surface area contributed by atoms with Crippen LogP contribution in [0, 0.1) is 5.82 Å². The number of halogens is 1. The molecule has 0 spiro atoms. The first-order valence-electron chi connectivity index (χ1n) is 10.6. The van der Waals surface area contributed by atoms with E-state index in [9.17, 15) is 9.18 Å². The highest BCUT2D eigenvalue weighted by atomic mass is 32.1. The van der Waals surface area contributed by atoms with Gasteiger partial charge in [-0.3, -0.25) is 14.7 Å². The highest BCUT2D eigenvalue weighted by Crippen LogP contribution is 2.35. The fourth-order valence-corrected chi connectivity index (χ4v) is 4.77. The molecule has 5 nitrogen and oxygen atoms in total. The summed E-state index contributed by atoms with van der Waals surface area (Å²) >= 11 is 1.28. The standard InChI is InChI=1S/C26H20FN3O2S/c1-2-32-22-12-9-18-7-3-4-8-20(18)24(22)25(31)30(16-17-6-5-13-28-15-17)26-29-21-11-10-19(27)14-23(21)33-26/h3-15H,2,16H2,1H3. The van der Waals surface area contributed by atoms with Gasteiger partial charge in [0.1, 0.15) is 11.6 Å². The summed E-state index contributed by atoms with van der Waals surface area (Å²) in [7, 11) is 0. The zero-order chi connectivity index (χ0) is 22.8. The van der Waals surface area contributed by atoms with Crippen molar-refractivity contribution in [2.75, 3.05) is 11.5 Å². The Morgan fingerprint density at radius 3 is 2.79 bits per heavy atom. The lowest BCUT2D eigenvalue weighted by atomic mass is 10.0. The SMILES string of the molecule is CCOc1ccc2ccccc2c1C(=O)N(Cc1cccnc1)c1nc2ccc(F)cc2s1. The third-order valence-electron chi connectivity index (χ3n) is 5.28. The van der Waals surface area contributed by atoms with Gasteiger partial charge in [0.25, 0.3) is 5.91 Å². The first-order chi connectivity index (χ1) is 16.1. The van der Waals surface area contributed by atoms with Gasteiger partial charge in [-0.1, -0.05) is 47.7 Å². The maximum Gasteiger partial charge on any atom is 0.264 e. The van der Waals surface area contributed by atoms with E-state index in [0.717, 1.165) is 16.3 Å². The van der Waals surface area contributed by atoms with Gasteiger partial charge in [-0.25, -0.2) is 9.37 Å². The second kappa shape index (κ2) is 8.96. The molecular weight excluding hydrogens is 437 g/mol. The number of fused-ring (bicyclic) bond motifs is 2. The zero-order valence-electron chi connectivity index (χ0n) is 17.9. The van der Waals surface area contributed by atoms with E-state index in [4.69, 9.17) is 4.74 Å². The fourth-order valence-electron chi connectivity index (χ4n) is 3.79. The molecule has 33 heavy (non-hydrogen) atoms. The molecule has 5 rings (SSSR count). The number of amides is 1. The van der Waals surface area contributed by atoms with Crippen LogP contribution in [0.5, 0.6) is 5.75 Å². The van der Waals surface area contributed by atoms with Crippen molar-refractivity contribution in [2.45, 2.75) is 13.5 Å². The largest absolute Gasteiger partial charge is 0.493 e. The predicted octanol–water partition coefficient (Wildman–Crippen LogP) is 6.23. The minimum atomic E-state index is -0.337. The minimum absolute atomic E-state index is 0.237. The minimum Gasteiger partial charge on any atom is -0.493 e. The lowest BCUT2D eigenvalue weighted by molar-refractivity contribution is 0.0983. The van der Waals surface area contributed by atoms with Gasteiger partial charge in [-0.2, -0.15) is 0 Å².